The van der Waals surface area contributed by atoms with E-state index in [9.17, 15) is 4.79 Å². The maximum atomic E-state index is 12.0. The fraction of sp³-hybridized carbons (Fsp3) is 0.462. The predicted molar refractivity (Wildman–Crippen MR) is 76.1 cm³/mol. The third-order valence-corrected chi connectivity index (χ3v) is 4.08. The Morgan fingerprint density at radius 2 is 2.21 bits per heavy atom. The molecule has 0 unspecified atom stereocenters. The van der Waals surface area contributed by atoms with Crippen molar-refractivity contribution in [1.82, 2.24) is 19.5 Å². The summed E-state index contributed by atoms with van der Waals surface area (Å²) < 4.78 is 2.57. The van der Waals surface area contributed by atoms with Gasteiger partial charge < -0.3 is 9.55 Å². The Kier molecular flexibility index (Phi) is 3.05. The zero-order chi connectivity index (χ0) is 13.6. The minimum absolute atomic E-state index is 0.122. The molecule has 0 aliphatic heterocycles. The normalized spacial score (nSPS) is 15.2. The van der Waals surface area contributed by atoms with Crippen LogP contribution in [0.2, 0.25) is 0 Å². The van der Waals surface area contributed by atoms with Gasteiger partial charge in [-0.25, -0.2) is 9.97 Å². The number of imidazole rings is 1. The summed E-state index contributed by atoms with van der Waals surface area (Å²) in [5, 5.41) is 0. The molecule has 0 saturated heterocycles. The lowest BCUT2D eigenvalue weighted by molar-refractivity contribution is 0.603. The molecule has 3 rings (SSSR count). The van der Waals surface area contributed by atoms with Crippen LogP contribution in [0.5, 0.6) is 0 Å². The van der Waals surface area contributed by atoms with Gasteiger partial charge in [-0.2, -0.15) is 0 Å². The second-order valence-electron chi connectivity index (χ2n) is 5.17. The van der Waals surface area contributed by atoms with Crippen molar-refractivity contribution in [3.63, 3.8) is 0 Å². The predicted octanol–water partition coefficient (Wildman–Crippen LogP) is 2.85. The molecule has 1 fully saturated rings. The summed E-state index contributed by atoms with van der Waals surface area (Å²) in [5.74, 6) is 1.02. The SMILES string of the molecule is CC(C)n1cncc1-c1nc(C2CC2)c(Br)c(=O)[nH]1. The highest BCUT2D eigenvalue weighted by molar-refractivity contribution is 9.10. The van der Waals surface area contributed by atoms with Crippen LogP contribution in [0.4, 0.5) is 0 Å². The largest absolute Gasteiger partial charge is 0.326 e. The van der Waals surface area contributed by atoms with Gasteiger partial charge >= 0.3 is 0 Å². The van der Waals surface area contributed by atoms with Gasteiger partial charge in [-0.15, -0.1) is 0 Å². The molecular weight excluding hydrogens is 308 g/mol. The Morgan fingerprint density at radius 1 is 1.47 bits per heavy atom. The van der Waals surface area contributed by atoms with Crippen LogP contribution in [-0.4, -0.2) is 19.5 Å². The van der Waals surface area contributed by atoms with Crippen LogP contribution in [0.15, 0.2) is 21.8 Å². The molecule has 19 heavy (non-hydrogen) atoms. The van der Waals surface area contributed by atoms with E-state index in [1.54, 1.807) is 12.5 Å². The first-order chi connectivity index (χ1) is 9.08. The average Bonchev–Trinajstić information content (AvgIpc) is 3.08. The standard InChI is InChI=1S/C13H15BrN4O/c1-7(2)18-6-15-5-9(18)12-16-11(8-3-4-8)10(14)13(19)17-12/h5-8H,3-4H2,1-2H3,(H,16,17,19). The third-order valence-electron chi connectivity index (χ3n) is 3.32. The van der Waals surface area contributed by atoms with Gasteiger partial charge in [-0.05, 0) is 42.6 Å². The summed E-state index contributed by atoms with van der Waals surface area (Å²) in [4.78, 5) is 23.6. The van der Waals surface area contributed by atoms with Gasteiger partial charge in [0.05, 0.1) is 18.2 Å². The van der Waals surface area contributed by atoms with Gasteiger partial charge in [0.1, 0.15) is 10.2 Å². The molecule has 0 amide bonds. The van der Waals surface area contributed by atoms with Crippen molar-refractivity contribution in [1.29, 1.82) is 0 Å². The van der Waals surface area contributed by atoms with E-state index in [0.29, 0.717) is 16.2 Å². The van der Waals surface area contributed by atoms with E-state index >= 15 is 0 Å². The maximum Gasteiger partial charge on any atom is 0.265 e. The van der Waals surface area contributed by atoms with Crippen molar-refractivity contribution in [3.05, 3.63) is 33.0 Å². The molecule has 0 aromatic carbocycles. The van der Waals surface area contributed by atoms with Crippen LogP contribution in [0, 0.1) is 0 Å². The van der Waals surface area contributed by atoms with E-state index in [0.717, 1.165) is 24.2 Å². The summed E-state index contributed by atoms with van der Waals surface area (Å²) in [6.07, 6.45) is 5.72. The number of aromatic nitrogens is 4. The van der Waals surface area contributed by atoms with Crippen LogP contribution in [0.1, 0.15) is 44.3 Å². The Balaban J connectivity index is 2.15. The zero-order valence-electron chi connectivity index (χ0n) is 10.9. The first-order valence-corrected chi connectivity index (χ1v) is 7.19. The number of H-pyrrole nitrogens is 1. The van der Waals surface area contributed by atoms with E-state index in [2.05, 4.69) is 44.7 Å². The number of hydrogen-bond donors (Lipinski definition) is 1. The topological polar surface area (TPSA) is 63.6 Å². The summed E-state index contributed by atoms with van der Waals surface area (Å²) >= 11 is 3.34. The second kappa shape index (κ2) is 4.59. The Bertz CT molecular complexity index is 670. The van der Waals surface area contributed by atoms with E-state index < -0.39 is 0 Å². The highest BCUT2D eigenvalue weighted by Gasteiger charge is 2.29. The molecule has 6 heteroatoms. The van der Waals surface area contributed by atoms with Crippen LogP contribution in [-0.2, 0) is 0 Å². The van der Waals surface area contributed by atoms with E-state index in [-0.39, 0.29) is 11.6 Å². The average molecular weight is 323 g/mol. The summed E-state index contributed by atoms with van der Waals surface area (Å²) in [7, 11) is 0. The zero-order valence-corrected chi connectivity index (χ0v) is 12.4. The van der Waals surface area contributed by atoms with Crippen LogP contribution >= 0.6 is 15.9 Å². The first kappa shape index (κ1) is 12.6. The van der Waals surface area contributed by atoms with Gasteiger partial charge in [0.25, 0.3) is 5.56 Å². The summed E-state index contributed by atoms with van der Waals surface area (Å²) in [5.41, 5.74) is 1.60. The molecule has 0 radical (unpaired) electrons. The van der Waals surface area contributed by atoms with E-state index in [4.69, 9.17) is 0 Å². The van der Waals surface area contributed by atoms with E-state index in [1.807, 2.05) is 4.57 Å². The summed E-state index contributed by atoms with van der Waals surface area (Å²) in [6, 6.07) is 0.274. The number of aromatic amines is 1. The molecule has 0 bridgehead atoms. The molecule has 2 heterocycles. The van der Waals surface area contributed by atoms with Crippen molar-refractivity contribution >= 4 is 15.9 Å². The highest BCUT2D eigenvalue weighted by Crippen LogP contribution is 2.41. The minimum Gasteiger partial charge on any atom is -0.326 e. The number of halogens is 1. The fourth-order valence-corrected chi connectivity index (χ4v) is 2.64. The van der Waals surface area contributed by atoms with Crippen molar-refractivity contribution in [2.45, 2.75) is 38.6 Å². The number of nitrogens with one attached hydrogen (secondary N) is 1. The Hall–Kier alpha value is -1.43. The highest BCUT2D eigenvalue weighted by atomic mass is 79.9. The fourth-order valence-electron chi connectivity index (χ4n) is 2.12. The molecule has 100 valence electrons. The van der Waals surface area contributed by atoms with Gasteiger partial charge in [0.2, 0.25) is 0 Å². The summed E-state index contributed by atoms with van der Waals surface area (Å²) in [6.45, 7) is 4.15. The van der Waals surface area contributed by atoms with Crippen LogP contribution in [0.25, 0.3) is 11.5 Å². The number of nitrogens with zero attached hydrogens (tertiary/aromatic N) is 3. The van der Waals surface area contributed by atoms with Crippen molar-refractivity contribution in [3.8, 4) is 11.5 Å². The van der Waals surface area contributed by atoms with E-state index in [1.165, 1.54) is 0 Å². The van der Waals surface area contributed by atoms with Gasteiger partial charge in [0, 0.05) is 12.0 Å². The number of hydrogen-bond acceptors (Lipinski definition) is 3. The molecule has 2 aromatic heterocycles. The third kappa shape index (κ3) is 2.25. The molecule has 1 aliphatic rings. The van der Waals surface area contributed by atoms with Gasteiger partial charge in [0.15, 0.2) is 5.82 Å². The van der Waals surface area contributed by atoms with Crippen molar-refractivity contribution < 1.29 is 0 Å². The second-order valence-corrected chi connectivity index (χ2v) is 5.96. The molecule has 5 nitrogen and oxygen atoms in total. The minimum atomic E-state index is -0.122. The molecule has 0 atom stereocenters. The molecule has 2 aromatic rings. The van der Waals surface area contributed by atoms with Crippen molar-refractivity contribution in [2.24, 2.45) is 0 Å². The quantitative estimate of drug-likeness (QED) is 0.945. The molecule has 1 saturated carbocycles. The van der Waals surface area contributed by atoms with Gasteiger partial charge in [-0.3, -0.25) is 4.79 Å². The lowest BCUT2D eigenvalue weighted by atomic mass is 10.2. The Labute approximate surface area is 119 Å². The smallest absolute Gasteiger partial charge is 0.265 e. The number of rotatable bonds is 3. The van der Waals surface area contributed by atoms with Gasteiger partial charge in [-0.1, -0.05) is 0 Å². The maximum absolute atomic E-state index is 12.0. The molecule has 1 N–H and O–H groups in total. The van der Waals surface area contributed by atoms with Crippen molar-refractivity contribution in [2.75, 3.05) is 0 Å². The lowest BCUT2D eigenvalue weighted by Gasteiger charge is -2.12. The monoisotopic (exact) mass is 322 g/mol. The molecule has 0 spiro atoms. The molecular formula is C13H15BrN4O. The van der Waals surface area contributed by atoms with Crippen LogP contribution in [0.3, 0.4) is 0 Å². The van der Waals surface area contributed by atoms with Crippen LogP contribution < -0.4 is 5.56 Å². The lowest BCUT2D eigenvalue weighted by Crippen LogP contribution is -2.15. The first-order valence-electron chi connectivity index (χ1n) is 6.40. The Morgan fingerprint density at radius 3 is 2.84 bits per heavy atom. The molecule has 1 aliphatic carbocycles.